The summed E-state index contributed by atoms with van der Waals surface area (Å²) in [7, 11) is 0. The van der Waals surface area contributed by atoms with E-state index in [2.05, 4.69) is 74.5 Å². The maximum atomic E-state index is 13.9. The highest BCUT2D eigenvalue weighted by atomic mass is 19.4. The van der Waals surface area contributed by atoms with Crippen molar-refractivity contribution in [3.63, 3.8) is 0 Å². The molecule has 0 aliphatic heterocycles. The lowest BCUT2D eigenvalue weighted by atomic mass is 9.90. The Morgan fingerprint density at radius 3 is 0.611 bits per heavy atom. The van der Waals surface area contributed by atoms with E-state index in [9.17, 15) is 35.1 Å². The van der Waals surface area contributed by atoms with Crippen molar-refractivity contribution in [2.45, 2.75) is 25.7 Å². The Bertz CT molecular complexity index is 4530. The third-order valence-corrected chi connectivity index (χ3v) is 15.8. The van der Waals surface area contributed by atoms with Crippen LogP contribution in [0.3, 0.4) is 0 Å². The van der Waals surface area contributed by atoms with Crippen LogP contribution in [0.4, 0.5) is 35.1 Å². The molecule has 0 atom stereocenters. The van der Waals surface area contributed by atoms with Crippen LogP contribution in [0.25, 0.3) is 134 Å². The summed E-state index contributed by atoms with van der Waals surface area (Å²) in [5, 5.41) is 0. The van der Waals surface area contributed by atoms with E-state index >= 15 is 0 Å². The first-order valence-corrected chi connectivity index (χ1v) is 28.6. The zero-order valence-electron chi connectivity index (χ0n) is 47.7. The first-order chi connectivity index (χ1) is 43.7. The zero-order chi connectivity index (χ0) is 61.9. The highest BCUT2D eigenvalue weighted by Crippen LogP contribution is 2.41. The summed E-state index contributed by atoms with van der Waals surface area (Å²) in [6, 6.07) is 67.2. The molecule has 8 aromatic carbocycles. The standard InChI is InChI=1S/C77H49F8N5/c78-36-48-19-68(40-86-38-48)56-13-1-7-50(21-56)62-27-64(31-66(29-62)54-11-5-17-60(25-54)72-34-74(46-89-44-72)76(80,81)82)52-9-3-15-58(23-52)70-33-71(43-88-42-70)59-16-4-10-53(24-59)65-28-63(51-8-2-14-57(22-51)69-20-49(37-79)39-87-41-69)30-67(32-65)55-12-6-18-61(26-55)73-35-75(47-90-45-73)77(83,84)85/h1-35,38-47H,36-37H2. The van der Waals surface area contributed by atoms with Gasteiger partial charge >= 0.3 is 12.4 Å². The molecule has 5 heterocycles. The predicted octanol–water partition coefficient (Wildman–Crippen LogP) is 21.6. The lowest BCUT2D eigenvalue weighted by molar-refractivity contribution is -0.138. The molecular weight excluding hydrogens is 1150 g/mol. The Hall–Kier alpha value is -11.1. The highest BCUT2D eigenvalue weighted by Gasteiger charge is 2.32. The highest BCUT2D eigenvalue weighted by molar-refractivity contribution is 5.88. The third kappa shape index (κ3) is 12.7. The maximum absolute atomic E-state index is 13.9. The summed E-state index contributed by atoms with van der Waals surface area (Å²) in [6.07, 6.45) is 5.38. The number of halogens is 8. The minimum absolute atomic E-state index is 0.325. The SMILES string of the molecule is FCc1cncc(-c2cccc(-c3cc(-c4cccc(-c5cncc(-c6cccc(-c7cc(-c8cccc(-c9cncc(CF)c9)c8)cc(-c8cccc(-c9cncc(C(F)(F)F)c9)c8)c7)c6)c5)c4)cc(-c4cccc(-c5cncc(C(F)(F)F)c5)c4)c3)c2)c1. The van der Waals surface area contributed by atoms with E-state index < -0.39 is 36.8 Å². The van der Waals surface area contributed by atoms with Gasteiger partial charge in [-0.15, -0.1) is 0 Å². The van der Waals surface area contributed by atoms with E-state index in [1.807, 2.05) is 134 Å². The second-order valence-electron chi connectivity index (χ2n) is 21.9. The van der Waals surface area contributed by atoms with Gasteiger partial charge in [0, 0.05) is 106 Å². The number of hydrogen-bond acceptors (Lipinski definition) is 5. The van der Waals surface area contributed by atoms with Gasteiger partial charge in [0.1, 0.15) is 13.3 Å². The van der Waals surface area contributed by atoms with Gasteiger partial charge in [-0.25, -0.2) is 8.78 Å². The smallest absolute Gasteiger partial charge is 0.264 e. The minimum atomic E-state index is -4.57. The van der Waals surface area contributed by atoms with E-state index in [0.29, 0.717) is 33.4 Å². The van der Waals surface area contributed by atoms with Crippen molar-refractivity contribution in [1.82, 2.24) is 24.9 Å². The van der Waals surface area contributed by atoms with Crippen molar-refractivity contribution in [3.05, 3.63) is 297 Å². The predicted molar refractivity (Wildman–Crippen MR) is 340 cm³/mol. The Balaban J connectivity index is 0.872. The molecule has 13 rings (SSSR count). The monoisotopic (exact) mass is 1200 g/mol. The molecule has 0 N–H and O–H groups in total. The largest absolute Gasteiger partial charge is 0.417 e. The Kier molecular flexibility index (Phi) is 15.9. The average molecular weight is 1200 g/mol. The van der Waals surface area contributed by atoms with Gasteiger partial charge in [-0.05, 0) is 203 Å². The lowest BCUT2D eigenvalue weighted by Gasteiger charge is -2.15. The van der Waals surface area contributed by atoms with Gasteiger partial charge in [0.05, 0.1) is 11.1 Å². The van der Waals surface area contributed by atoms with Crippen LogP contribution in [0.5, 0.6) is 0 Å². The van der Waals surface area contributed by atoms with Gasteiger partial charge in [0.2, 0.25) is 0 Å². The van der Waals surface area contributed by atoms with E-state index in [1.54, 1.807) is 36.7 Å². The van der Waals surface area contributed by atoms with Crippen molar-refractivity contribution >= 4 is 0 Å². The van der Waals surface area contributed by atoms with Gasteiger partial charge in [0.15, 0.2) is 0 Å². The number of benzene rings is 8. The van der Waals surface area contributed by atoms with Gasteiger partial charge < -0.3 is 0 Å². The van der Waals surface area contributed by atoms with Crippen molar-refractivity contribution < 1.29 is 35.1 Å². The van der Waals surface area contributed by atoms with Crippen LogP contribution < -0.4 is 0 Å². The van der Waals surface area contributed by atoms with Crippen molar-refractivity contribution in [2.24, 2.45) is 0 Å². The molecule has 0 bridgehead atoms. The van der Waals surface area contributed by atoms with Crippen LogP contribution in [0.15, 0.2) is 274 Å². The average Bonchev–Trinajstić information content (AvgIpc) is 1.96. The number of hydrogen-bond donors (Lipinski definition) is 0. The molecule has 0 saturated carbocycles. The van der Waals surface area contributed by atoms with E-state index in [1.165, 1.54) is 24.8 Å². The van der Waals surface area contributed by atoms with Crippen molar-refractivity contribution in [2.75, 3.05) is 0 Å². The molecule has 0 unspecified atom stereocenters. The van der Waals surface area contributed by atoms with Crippen LogP contribution in [0.1, 0.15) is 22.3 Å². The minimum Gasteiger partial charge on any atom is -0.264 e. The topological polar surface area (TPSA) is 64.5 Å². The van der Waals surface area contributed by atoms with Crippen LogP contribution >= 0.6 is 0 Å². The Morgan fingerprint density at radius 2 is 0.378 bits per heavy atom. The molecule has 0 fully saturated rings. The number of nitrogens with zero attached hydrogens (tertiary/aromatic N) is 5. The fraction of sp³-hybridized carbons (Fsp3) is 0.0519. The summed E-state index contributed by atoms with van der Waals surface area (Å²) in [4.78, 5) is 21.2. The van der Waals surface area contributed by atoms with E-state index in [4.69, 9.17) is 4.98 Å². The molecular formula is C77H49F8N5. The number of alkyl halides is 8. The fourth-order valence-electron chi connectivity index (χ4n) is 11.2. The molecule has 438 valence electrons. The fourth-order valence-corrected chi connectivity index (χ4v) is 11.2. The lowest BCUT2D eigenvalue weighted by Crippen LogP contribution is -2.05. The molecule has 0 spiro atoms. The van der Waals surface area contributed by atoms with Crippen molar-refractivity contribution in [1.29, 1.82) is 0 Å². The molecule has 0 aliphatic rings. The number of pyridine rings is 5. The molecule has 13 heteroatoms. The molecule has 0 amide bonds. The number of aromatic nitrogens is 5. The summed E-state index contributed by atoms with van der Waals surface area (Å²) in [5.74, 6) is 0. The molecule has 90 heavy (non-hydrogen) atoms. The summed E-state index contributed by atoms with van der Waals surface area (Å²) in [6.45, 7) is -1.30. The van der Waals surface area contributed by atoms with Gasteiger partial charge in [-0.1, -0.05) is 109 Å². The molecule has 5 nitrogen and oxygen atoms in total. The third-order valence-electron chi connectivity index (χ3n) is 15.8. The van der Waals surface area contributed by atoms with Crippen LogP contribution in [0.2, 0.25) is 0 Å². The summed E-state index contributed by atoms with van der Waals surface area (Å²) < 4.78 is 111. The second-order valence-corrected chi connectivity index (χ2v) is 21.9. The van der Waals surface area contributed by atoms with E-state index in [0.717, 1.165) is 136 Å². The molecule has 0 radical (unpaired) electrons. The quantitative estimate of drug-likeness (QED) is 0.102. The van der Waals surface area contributed by atoms with Crippen LogP contribution in [0, 0.1) is 0 Å². The normalized spacial score (nSPS) is 11.6. The summed E-state index contributed by atoms with van der Waals surface area (Å²) >= 11 is 0. The zero-order valence-corrected chi connectivity index (χ0v) is 47.7. The first-order valence-electron chi connectivity index (χ1n) is 28.6. The Morgan fingerprint density at radius 1 is 0.200 bits per heavy atom. The van der Waals surface area contributed by atoms with Crippen LogP contribution in [-0.4, -0.2) is 24.9 Å². The molecule has 13 aromatic rings. The number of rotatable bonds is 14. The van der Waals surface area contributed by atoms with E-state index in [-0.39, 0.29) is 0 Å². The molecule has 5 aromatic heterocycles. The first kappa shape index (κ1) is 58.0. The maximum Gasteiger partial charge on any atom is 0.417 e. The van der Waals surface area contributed by atoms with Crippen molar-refractivity contribution in [3.8, 4) is 134 Å². The van der Waals surface area contributed by atoms with Gasteiger partial charge in [-0.3, -0.25) is 24.9 Å². The molecule has 0 aliphatic carbocycles. The Labute approximate surface area is 513 Å². The summed E-state index contributed by atoms with van der Waals surface area (Å²) in [5.41, 5.74) is 17.9. The van der Waals surface area contributed by atoms with Crippen LogP contribution in [-0.2, 0) is 25.7 Å². The van der Waals surface area contributed by atoms with Gasteiger partial charge in [0.25, 0.3) is 0 Å². The second kappa shape index (κ2) is 24.6. The van der Waals surface area contributed by atoms with Gasteiger partial charge in [-0.2, -0.15) is 26.3 Å². The molecule has 0 saturated heterocycles.